The molecule has 2 fully saturated rings. The summed E-state index contributed by atoms with van der Waals surface area (Å²) in [5, 5.41) is 0. The second kappa shape index (κ2) is 6.82. The van der Waals surface area contributed by atoms with Crippen LogP contribution >= 0.6 is 0 Å². The fourth-order valence-electron chi connectivity index (χ4n) is 3.62. The number of amides is 1. The Bertz CT molecular complexity index is 516. The number of hydrogen-bond donors (Lipinski definition) is 0. The van der Waals surface area contributed by atoms with Crippen molar-refractivity contribution in [3.8, 4) is 0 Å². The van der Waals surface area contributed by atoms with E-state index in [9.17, 15) is 4.79 Å². The lowest BCUT2D eigenvalue weighted by atomic mass is 9.92. The predicted octanol–water partition coefficient (Wildman–Crippen LogP) is 3.61. The van der Waals surface area contributed by atoms with Gasteiger partial charge in [-0.25, -0.2) is 0 Å². The Balaban J connectivity index is 1.55. The van der Waals surface area contributed by atoms with Gasteiger partial charge in [0, 0.05) is 24.7 Å². The minimum absolute atomic E-state index is 0.290. The van der Waals surface area contributed by atoms with Crippen molar-refractivity contribution in [2.75, 3.05) is 24.5 Å². The van der Waals surface area contributed by atoms with E-state index < -0.39 is 0 Å². The monoisotopic (exact) mass is 300 g/mol. The Morgan fingerprint density at radius 3 is 2.55 bits per heavy atom. The van der Waals surface area contributed by atoms with Crippen LogP contribution in [0, 0.1) is 12.8 Å². The van der Waals surface area contributed by atoms with Crippen molar-refractivity contribution in [3.05, 3.63) is 29.8 Å². The summed E-state index contributed by atoms with van der Waals surface area (Å²) in [5.74, 6) is 0.860. The molecule has 3 nitrogen and oxygen atoms in total. The van der Waals surface area contributed by atoms with E-state index in [1.807, 2.05) is 17.0 Å². The third-order valence-electron chi connectivity index (χ3n) is 5.11. The highest BCUT2D eigenvalue weighted by Gasteiger charge is 2.32. The Kier molecular flexibility index (Phi) is 4.82. The molecule has 0 unspecified atom stereocenters. The van der Waals surface area contributed by atoms with Crippen molar-refractivity contribution in [2.45, 2.75) is 52.0 Å². The Morgan fingerprint density at radius 2 is 1.95 bits per heavy atom. The van der Waals surface area contributed by atoms with Gasteiger partial charge in [-0.1, -0.05) is 12.1 Å². The average molecular weight is 300 g/mol. The molecule has 0 spiro atoms. The molecule has 3 heteroatoms. The van der Waals surface area contributed by atoms with E-state index in [2.05, 4.69) is 30.9 Å². The molecular weight excluding hydrogens is 272 g/mol. The highest BCUT2D eigenvalue weighted by atomic mass is 16.2. The number of aryl methyl sites for hydroxylation is 1. The number of benzene rings is 1. The zero-order valence-electron chi connectivity index (χ0n) is 13.9. The maximum atomic E-state index is 12.7. The van der Waals surface area contributed by atoms with Crippen LogP contribution in [0.3, 0.4) is 0 Å². The first kappa shape index (κ1) is 15.5. The highest BCUT2D eigenvalue weighted by molar-refractivity contribution is 5.93. The van der Waals surface area contributed by atoms with Gasteiger partial charge >= 0.3 is 0 Å². The van der Waals surface area contributed by atoms with E-state index in [0.717, 1.165) is 18.3 Å². The number of anilines is 1. The van der Waals surface area contributed by atoms with Gasteiger partial charge in [-0.2, -0.15) is 0 Å². The van der Waals surface area contributed by atoms with Gasteiger partial charge < -0.3 is 9.80 Å². The average Bonchev–Trinajstić information content (AvgIpc) is 3.33. The number of piperidine rings is 1. The Morgan fingerprint density at radius 1 is 1.23 bits per heavy atom. The van der Waals surface area contributed by atoms with Crippen LogP contribution in [0.1, 0.15) is 44.6 Å². The summed E-state index contributed by atoms with van der Waals surface area (Å²) < 4.78 is 0. The number of carbonyl (C=O) groups is 1. The second-order valence-corrected chi connectivity index (χ2v) is 6.89. The molecule has 3 rings (SSSR count). The molecular formula is C19H28N2O. The number of rotatable bonds is 5. The first-order chi connectivity index (χ1) is 10.7. The molecule has 1 aliphatic carbocycles. The molecule has 0 atom stereocenters. The van der Waals surface area contributed by atoms with Gasteiger partial charge in [0.1, 0.15) is 0 Å². The molecule has 2 aliphatic rings. The fraction of sp³-hybridized carbons (Fsp3) is 0.632. The molecule has 0 N–H and O–H groups in total. The van der Waals surface area contributed by atoms with Gasteiger partial charge in [0.15, 0.2) is 0 Å². The number of nitrogens with zero attached hydrogens (tertiary/aromatic N) is 2. The van der Waals surface area contributed by atoms with Crippen LogP contribution in [0.15, 0.2) is 24.3 Å². The lowest BCUT2D eigenvalue weighted by Crippen LogP contribution is -2.38. The van der Waals surface area contributed by atoms with Gasteiger partial charge in [0.2, 0.25) is 5.91 Å². The summed E-state index contributed by atoms with van der Waals surface area (Å²) in [6.45, 7) is 7.28. The first-order valence-electron chi connectivity index (χ1n) is 8.78. The summed E-state index contributed by atoms with van der Waals surface area (Å²) in [4.78, 5) is 17.3. The molecule has 1 heterocycles. The number of carbonyl (C=O) groups excluding carboxylic acids is 1. The van der Waals surface area contributed by atoms with Gasteiger partial charge in [-0.15, -0.1) is 0 Å². The van der Waals surface area contributed by atoms with Gasteiger partial charge in [0.25, 0.3) is 0 Å². The maximum absolute atomic E-state index is 12.7. The molecule has 0 bridgehead atoms. The topological polar surface area (TPSA) is 23.6 Å². The summed E-state index contributed by atoms with van der Waals surface area (Å²) in [5.41, 5.74) is 2.25. The summed E-state index contributed by atoms with van der Waals surface area (Å²) in [6, 6.07) is 9.14. The highest BCUT2D eigenvalue weighted by Crippen LogP contribution is 2.32. The van der Waals surface area contributed by atoms with Crippen molar-refractivity contribution in [1.29, 1.82) is 0 Å². The van der Waals surface area contributed by atoms with E-state index in [1.54, 1.807) is 0 Å². The predicted molar refractivity (Wildman–Crippen MR) is 91.1 cm³/mol. The second-order valence-electron chi connectivity index (χ2n) is 6.89. The molecule has 1 amide bonds. The smallest absolute Gasteiger partial charge is 0.227 e. The van der Waals surface area contributed by atoms with E-state index in [4.69, 9.17) is 0 Å². The molecule has 1 saturated carbocycles. The lowest BCUT2D eigenvalue weighted by Gasteiger charge is -2.32. The summed E-state index contributed by atoms with van der Waals surface area (Å²) >= 11 is 0. The molecule has 0 aromatic heterocycles. The fourth-order valence-corrected chi connectivity index (χ4v) is 3.62. The van der Waals surface area contributed by atoms with E-state index in [1.165, 1.54) is 44.3 Å². The van der Waals surface area contributed by atoms with Crippen molar-refractivity contribution < 1.29 is 4.79 Å². The van der Waals surface area contributed by atoms with Crippen molar-refractivity contribution in [2.24, 2.45) is 5.92 Å². The third-order valence-corrected chi connectivity index (χ3v) is 5.11. The molecule has 1 aliphatic heterocycles. The third kappa shape index (κ3) is 3.70. The molecule has 1 saturated heterocycles. The Labute approximate surface area is 134 Å². The lowest BCUT2D eigenvalue weighted by molar-refractivity contribution is -0.119. The van der Waals surface area contributed by atoms with Crippen LogP contribution < -0.4 is 4.90 Å². The van der Waals surface area contributed by atoms with Crippen LogP contribution in [-0.2, 0) is 4.79 Å². The summed E-state index contributed by atoms with van der Waals surface area (Å²) in [7, 11) is 0. The van der Waals surface area contributed by atoms with E-state index >= 15 is 0 Å². The maximum Gasteiger partial charge on any atom is 0.227 e. The quantitative estimate of drug-likeness (QED) is 0.829. The van der Waals surface area contributed by atoms with Gasteiger partial charge in [0.05, 0.1) is 0 Å². The standard InChI is InChI=1S/C19H28N2O/c1-3-21(18-6-4-5-15(2)13-18)19(22)14-16-9-11-20(12-10-16)17-7-8-17/h4-6,13,16-17H,3,7-12,14H2,1-2H3. The van der Waals surface area contributed by atoms with Gasteiger partial charge in [-0.3, -0.25) is 4.79 Å². The largest absolute Gasteiger partial charge is 0.313 e. The minimum atomic E-state index is 0.290. The van der Waals surface area contributed by atoms with Crippen molar-refractivity contribution in [3.63, 3.8) is 0 Å². The van der Waals surface area contributed by atoms with Crippen LogP contribution in [0.25, 0.3) is 0 Å². The summed E-state index contributed by atoms with van der Waals surface area (Å²) in [6.07, 6.45) is 5.86. The number of likely N-dealkylation sites (tertiary alicyclic amines) is 1. The number of hydrogen-bond acceptors (Lipinski definition) is 2. The molecule has 1 aromatic carbocycles. The molecule has 0 radical (unpaired) electrons. The first-order valence-corrected chi connectivity index (χ1v) is 8.78. The van der Waals surface area contributed by atoms with Crippen LogP contribution in [0.4, 0.5) is 5.69 Å². The zero-order chi connectivity index (χ0) is 15.5. The molecule has 1 aromatic rings. The van der Waals surface area contributed by atoms with E-state index in [-0.39, 0.29) is 5.91 Å². The van der Waals surface area contributed by atoms with E-state index in [0.29, 0.717) is 12.3 Å². The SMILES string of the molecule is CCN(C(=O)CC1CCN(C2CC2)CC1)c1cccc(C)c1. The van der Waals surface area contributed by atoms with Crippen molar-refractivity contribution >= 4 is 11.6 Å². The minimum Gasteiger partial charge on any atom is -0.313 e. The van der Waals surface area contributed by atoms with Crippen LogP contribution in [0.5, 0.6) is 0 Å². The normalized spacial score (nSPS) is 20.1. The van der Waals surface area contributed by atoms with Gasteiger partial charge in [-0.05, 0) is 76.2 Å². The zero-order valence-corrected chi connectivity index (χ0v) is 13.9. The molecule has 120 valence electrons. The van der Waals surface area contributed by atoms with Crippen LogP contribution in [0.2, 0.25) is 0 Å². The van der Waals surface area contributed by atoms with Crippen LogP contribution in [-0.4, -0.2) is 36.5 Å². The molecule has 22 heavy (non-hydrogen) atoms. The Hall–Kier alpha value is -1.35. The van der Waals surface area contributed by atoms with Crippen molar-refractivity contribution in [1.82, 2.24) is 4.90 Å².